The Hall–Kier alpha value is -1.35. The Bertz CT molecular complexity index is 486. The summed E-state index contributed by atoms with van der Waals surface area (Å²) in [5, 5.41) is 3.42. The van der Waals surface area contributed by atoms with E-state index in [9.17, 15) is 4.79 Å². The van der Waals surface area contributed by atoms with Crippen molar-refractivity contribution < 1.29 is 4.79 Å². The van der Waals surface area contributed by atoms with Crippen molar-refractivity contribution >= 4 is 5.91 Å². The molecule has 0 spiro atoms. The fraction of sp³-hybridized carbons (Fsp3) is 0.588. The van der Waals surface area contributed by atoms with Gasteiger partial charge in [0.15, 0.2) is 0 Å². The molecule has 108 valence electrons. The standard InChI is InChI=1S/C17H24N2O/c1-13-7-3-2-6-10-19(13)17(20)16-11-14-8-4-5-9-15(14)12-18-16/h4-5,8-9,13,16,18H,2-3,6-7,10-12H2,1H3. The van der Waals surface area contributed by atoms with Crippen LogP contribution >= 0.6 is 0 Å². The first-order valence-corrected chi connectivity index (χ1v) is 7.86. The highest BCUT2D eigenvalue weighted by Crippen LogP contribution is 2.21. The molecule has 0 radical (unpaired) electrons. The molecule has 0 saturated carbocycles. The number of nitrogens with one attached hydrogen (secondary N) is 1. The number of benzene rings is 1. The molecule has 2 aliphatic heterocycles. The van der Waals surface area contributed by atoms with Gasteiger partial charge in [-0.3, -0.25) is 4.79 Å². The minimum atomic E-state index is -0.0366. The lowest BCUT2D eigenvalue weighted by molar-refractivity contribution is -0.135. The van der Waals surface area contributed by atoms with Gasteiger partial charge in [0.05, 0.1) is 6.04 Å². The molecule has 1 aromatic rings. The van der Waals surface area contributed by atoms with Gasteiger partial charge < -0.3 is 10.2 Å². The van der Waals surface area contributed by atoms with Gasteiger partial charge in [0.25, 0.3) is 0 Å². The lowest BCUT2D eigenvalue weighted by Crippen LogP contribution is -2.51. The molecule has 0 aromatic heterocycles. The van der Waals surface area contributed by atoms with Gasteiger partial charge >= 0.3 is 0 Å². The van der Waals surface area contributed by atoms with E-state index in [0.29, 0.717) is 11.9 Å². The van der Waals surface area contributed by atoms with Crippen LogP contribution in [0.3, 0.4) is 0 Å². The fourth-order valence-electron chi connectivity index (χ4n) is 3.43. The summed E-state index contributed by atoms with van der Waals surface area (Å²) in [6.07, 6.45) is 5.65. The van der Waals surface area contributed by atoms with Crippen LogP contribution in [0.25, 0.3) is 0 Å². The van der Waals surface area contributed by atoms with E-state index in [2.05, 4.69) is 41.4 Å². The Morgan fingerprint density at radius 1 is 1.20 bits per heavy atom. The van der Waals surface area contributed by atoms with Gasteiger partial charge in [-0.05, 0) is 37.3 Å². The molecular formula is C17H24N2O. The van der Waals surface area contributed by atoms with Crippen LogP contribution in [0.4, 0.5) is 0 Å². The van der Waals surface area contributed by atoms with Crippen LogP contribution in [0.5, 0.6) is 0 Å². The molecular weight excluding hydrogens is 248 g/mol. The zero-order valence-electron chi connectivity index (χ0n) is 12.3. The van der Waals surface area contributed by atoms with E-state index in [1.165, 1.54) is 24.0 Å². The smallest absolute Gasteiger partial charge is 0.240 e. The van der Waals surface area contributed by atoms with Crippen molar-refractivity contribution in [1.82, 2.24) is 10.2 Å². The summed E-state index contributed by atoms with van der Waals surface area (Å²) in [6.45, 7) is 3.94. The van der Waals surface area contributed by atoms with Gasteiger partial charge in [-0.25, -0.2) is 0 Å². The number of hydrogen-bond acceptors (Lipinski definition) is 2. The average molecular weight is 272 g/mol. The van der Waals surface area contributed by atoms with Crippen LogP contribution in [0.1, 0.15) is 43.7 Å². The van der Waals surface area contributed by atoms with Crippen molar-refractivity contribution in [2.24, 2.45) is 0 Å². The van der Waals surface area contributed by atoms with Gasteiger partial charge in [-0.15, -0.1) is 0 Å². The minimum absolute atomic E-state index is 0.0366. The monoisotopic (exact) mass is 272 g/mol. The highest BCUT2D eigenvalue weighted by Gasteiger charge is 2.30. The van der Waals surface area contributed by atoms with Crippen LogP contribution in [0, 0.1) is 0 Å². The highest BCUT2D eigenvalue weighted by molar-refractivity contribution is 5.83. The van der Waals surface area contributed by atoms with Gasteiger partial charge in [0.1, 0.15) is 0 Å². The molecule has 2 heterocycles. The molecule has 2 unspecified atom stereocenters. The van der Waals surface area contributed by atoms with Gasteiger partial charge in [-0.2, -0.15) is 0 Å². The number of rotatable bonds is 1. The van der Waals surface area contributed by atoms with E-state index >= 15 is 0 Å². The minimum Gasteiger partial charge on any atom is -0.339 e. The van der Waals surface area contributed by atoms with Gasteiger partial charge in [0.2, 0.25) is 5.91 Å². The van der Waals surface area contributed by atoms with Gasteiger partial charge in [0, 0.05) is 19.1 Å². The summed E-state index contributed by atoms with van der Waals surface area (Å²) in [6, 6.07) is 8.80. The summed E-state index contributed by atoms with van der Waals surface area (Å²) in [5.74, 6) is 0.300. The Balaban J connectivity index is 1.72. The first-order valence-electron chi connectivity index (χ1n) is 7.86. The summed E-state index contributed by atoms with van der Waals surface area (Å²) < 4.78 is 0. The first kappa shape index (κ1) is 13.6. The third-order valence-corrected chi connectivity index (χ3v) is 4.72. The topological polar surface area (TPSA) is 32.3 Å². The second-order valence-electron chi connectivity index (χ2n) is 6.14. The van der Waals surface area contributed by atoms with E-state index in [1.54, 1.807) is 0 Å². The molecule has 2 atom stereocenters. The normalized spacial score (nSPS) is 26.8. The van der Waals surface area contributed by atoms with Crippen LogP contribution < -0.4 is 5.32 Å². The molecule has 2 aliphatic rings. The van der Waals surface area contributed by atoms with Crippen molar-refractivity contribution in [2.45, 2.75) is 57.7 Å². The average Bonchev–Trinajstić information content (AvgIpc) is 2.70. The van der Waals surface area contributed by atoms with E-state index < -0.39 is 0 Å². The molecule has 1 amide bonds. The zero-order valence-corrected chi connectivity index (χ0v) is 12.3. The maximum absolute atomic E-state index is 12.8. The molecule has 1 saturated heterocycles. The number of fused-ring (bicyclic) bond motifs is 1. The van der Waals surface area contributed by atoms with E-state index in [0.717, 1.165) is 32.4 Å². The molecule has 20 heavy (non-hydrogen) atoms. The van der Waals surface area contributed by atoms with Gasteiger partial charge in [-0.1, -0.05) is 37.1 Å². The highest BCUT2D eigenvalue weighted by atomic mass is 16.2. The summed E-state index contributed by atoms with van der Waals surface area (Å²) in [5.41, 5.74) is 2.66. The number of carbonyl (C=O) groups is 1. The lowest BCUT2D eigenvalue weighted by atomic mass is 9.95. The molecule has 3 heteroatoms. The van der Waals surface area contributed by atoms with Crippen molar-refractivity contribution in [3.8, 4) is 0 Å². The molecule has 0 aliphatic carbocycles. The van der Waals surface area contributed by atoms with E-state index in [1.807, 2.05) is 0 Å². The number of likely N-dealkylation sites (tertiary alicyclic amines) is 1. The quantitative estimate of drug-likeness (QED) is 0.852. The number of amides is 1. The predicted molar refractivity (Wildman–Crippen MR) is 80.4 cm³/mol. The van der Waals surface area contributed by atoms with Crippen LogP contribution in [-0.2, 0) is 17.8 Å². The third-order valence-electron chi connectivity index (χ3n) is 4.72. The summed E-state index contributed by atoms with van der Waals surface area (Å²) >= 11 is 0. The Morgan fingerprint density at radius 2 is 2.00 bits per heavy atom. The number of hydrogen-bond donors (Lipinski definition) is 1. The van der Waals surface area contributed by atoms with Crippen molar-refractivity contribution in [2.75, 3.05) is 6.54 Å². The summed E-state index contributed by atoms with van der Waals surface area (Å²) in [4.78, 5) is 14.9. The fourth-order valence-corrected chi connectivity index (χ4v) is 3.43. The third kappa shape index (κ3) is 2.73. The predicted octanol–water partition coefficient (Wildman–Crippen LogP) is 2.49. The van der Waals surface area contributed by atoms with Crippen molar-refractivity contribution in [1.29, 1.82) is 0 Å². The SMILES string of the molecule is CC1CCCCCN1C(=O)C1Cc2ccccc2CN1. The molecule has 1 fully saturated rings. The van der Waals surface area contributed by atoms with E-state index in [-0.39, 0.29) is 6.04 Å². The second kappa shape index (κ2) is 5.96. The number of carbonyl (C=O) groups excluding carboxylic acids is 1. The Kier molecular flexibility index (Phi) is 4.06. The van der Waals surface area contributed by atoms with Crippen LogP contribution in [-0.4, -0.2) is 29.4 Å². The Labute approximate surface area is 121 Å². The largest absolute Gasteiger partial charge is 0.339 e. The summed E-state index contributed by atoms with van der Waals surface area (Å²) in [7, 11) is 0. The second-order valence-corrected chi connectivity index (χ2v) is 6.14. The van der Waals surface area contributed by atoms with Crippen LogP contribution in [0.2, 0.25) is 0 Å². The molecule has 0 bridgehead atoms. The molecule has 1 N–H and O–H groups in total. The number of nitrogens with zero attached hydrogens (tertiary/aromatic N) is 1. The zero-order chi connectivity index (χ0) is 13.9. The first-order chi connectivity index (χ1) is 9.75. The molecule has 1 aromatic carbocycles. The Morgan fingerprint density at radius 3 is 2.85 bits per heavy atom. The van der Waals surface area contributed by atoms with Crippen molar-refractivity contribution in [3.63, 3.8) is 0 Å². The maximum Gasteiger partial charge on any atom is 0.240 e. The van der Waals surface area contributed by atoms with E-state index in [4.69, 9.17) is 0 Å². The lowest BCUT2D eigenvalue weighted by Gasteiger charge is -2.33. The molecule has 3 nitrogen and oxygen atoms in total. The maximum atomic E-state index is 12.8. The van der Waals surface area contributed by atoms with Crippen molar-refractivity contribution in [3.05, 3.63) is 35.4 Å². The molecule has 3 rings (SSSR count). The van der Waals surface area contributed by atoms with Crippen LogP contribution in [0.15, 0.2) is 24.3 Å².